The standard InChI is InChI=1S/C29H60O11Si/c1-28(2,3)40-27(30)9-10-31-11-12-32-13-14-33-15-16-34-17-18-35-19-20-36-21-22-37-23-24-38-25-26-39-41(7,8)29(4,5)6/h9-26H2,1-8H3. The van der Waals surface area contributed by atoms with Crippen molar-refractivity contribution < 1.29 is 51.9 Å². The van der Waals surface area contributed by atoms with Crippen molar-refractivity contribution in [2.45, 2.75) is 71.7 Å². The summed E-state index contributed by atoms with van der Waals surface area (Å²) < 4.78 is 55.0. The van der Waals surface area contributed by atoms with E-state index in [-0.39, 0.29) is 17.4 Å². The monoisotopic (exact) mass is 612 g/mol. The van der Waals surface area contributed by atoms with Gasteiger partial charge >= 0.3 is 5.97 Å². The fourth-order valence-corrected chi connectivity index (χ4v) is 3.79. The summed E-state index contributed by atoms with van der Waals surface area (Å²) in [5.41, 5.74) is -0.469. The van der Waals surface area contributed by atoms with Gasteiger partial charge in [-0.25, -0.2) is 0 Å². The highest BCUT2D eigenvalue weighted by molar-refractivity contribution is 6.74. The van der Waals surface area contributed by atoms with Gasteiger partial charge in [0.1, 0.15) is 5.60 Å². The quantitative estimate of drug-likeness (QED) is 0.0730. The van der Waals surface area contributed by atoms with E-state index in [0.29, 0.717) is 112 Å². The molecular formula is C29H60O11Si. The molecule has 0 aliphatic heterocycles. The zero-order valence-corrected chi connectivity index (χ0v) is 28.2. The Morgan fingerprint density at radius 1 is 0.463 bits per heavy atom. The molecule has 0 aliphatic rings. The number of hydrogen-bond donors (Lipinski definition) is 0. The fraction of sp³-hybridized carbons (Fsp3) is 0.966. The molecule has 246 valence electrons. The third-order valence-corrected chi connectivity index (χ3v) is 10.5. The number of esters is 1. The first-order valence-electron chi connectivity index (χ1n) is 14.8. The lowest BCUT2D eigenvalue weighted by Crippen LogP contribution is -2.41. The first kappa shape index (κ1) is 40.3. The van der Waals surface area contributed by atoms with Gasteiger partial charge in [0.2, 0.25) is 0 Å². The molecule has 0 aromatic rings. The highest BCUT2D eigenvalue weighted by Crippen LogP contribution is 2.36. The van der Waals surface area contributed by atoms with E-state index in [9.17, 15) is 4.79 Å². The molecule has 0 aromatic carbocycles. The Hall–Kier alpha value is -0.673. The summed E-state index contributed by atoms with van der Waals surface area (Å²) in [7, 11) is -1.70. The van der Waals surface area contributed by atoms with Crippen molar-refractivity contribution >= 4 is 14.3 Å². The van der Waals surface area contributed by atoms with E-state index in [1.807, 2.05) is 20.8 Å². The highest BCUT2D eigenvalue weighted by atomic mass is 28.4. The topological polar surface area (TPSA) is 109 Å². The van der Waals surface area contributed by atoms with Crippen LogP contribution in [0, 0.1) is 0 Å². The minimum atomic E-state index is -1.70. The van der Waals surface area contributed by atoms with E-state index in [1.54, 1.807) is 0 Å². The molecule has 0 spiro atoms. The van der Waals surface area contributed by atoms with Gasteiger partial charge in [-0.15, -0.1) is 0 Å². The molecule has 0 atom stereocenters. The van der Waals surface area contributed by atoms with E-state index in [2.05, 4.69) is 33.9 Å². The van der Waals surface area contributed by atoms with Crippen molar-refractivity contribution in [1.29, 1.82) is 0 Å². The molecule has 0 bridgehead atoms. The average molecular weight is 613 g/mol. The lowest BCUT2D eigenvalue weighted by atomic mass is 10.2. The van der Waals surface area contributed by atoms with E-state index < -0.39 is 13.9 Å². The van der Waals surface area contributed by atoms with Crippen molar-refractivity contribution in [3.05, 3.63) is 0 Å². The maximum atomic E-state index is 11.5. The first-order valence-corrected chi connectivity index (χ1v) is 17.7. The van der Waals surface area contributed by atoms with Crippen molar-refractivity contribution in [2.24, 2.45) is 0 Å². The second-order valence-corrected chi connectivity index (χ2v) is 16.7. The summed E-state index contributed by atoms with van der Waals surface area (Å²) in [6.45, 7) is 25.3. The van der Waals surface area contributed by atoms with Crippen LogP contribution in [0.3, 0.4) is 0 Å². The smallest absolute Gasteiger partial charge is 0.308 e. The van der Waals surface area contributed by atoms with Gasteiger partial charge in [-0.1, -0.05) is 20.8 Å². The molecule has 0 saturated carbocycles. The van der Waals surface area contributed by atoms with Crippen molar-refractivity contribution in [3.8, 4) is 0 Å². The zero-order valence-electron chi connectivity index (χ0n) is 27.2. The van der Waals surface area contributed by atoms with Crippen LogP contribution < -0.4 is 0 Å². The van der Waals surface area contributed by atoms with Gasteiger partial charge in [-0.2, -0.15) is 0 Å². The van der Waals surface area contributed by atoms with Crippen LogP contribution in [-0.4, -0.2) is 132 Å². The van der Waals surface area contributed by atoms with E-state index in [0.717, 1.165) is 0 Å². The molecule has 0 saturated heterocycles. The molecule has 0 aromatic heterocycles. The maximum Gasteiger partial charge on any atom is 0.308 e. The van der Waals surface area contributed by atoms with Gasteiger partial charge in [0, 0.05) is 0 Å². The first-order chi connectivity index (χ1) is 19.4. The molecule has 12 heteroatoms. The molecule has 0 fully saturated rings. The molecule has 0 N–H and O–H groups in total. The third-order valence-electron chi connectivity index (χ3n) is 5.97. The lowest BCUT2D eigenvalue weighted by molar-refractivity contribution is -0.156. The normalized spacial score (nSPS) is 12.7. The van der Waals surface area contributed by atoms with Crippen LogP contribution in [0.1, 0.15) is 48.0 Å². The van der Waals surface area contributed by atoms with Gasteiger partial charge in [0.15, 0.2) is 8.32 Å². The number of carbonyl (C=O) groups is 1. The van der Waals surface area contributed by atoms with Crippen LogP contribution in [0.25, 0.3) is 0 Å². The zero-order chi connectivity index (χ0) is 30.9. The maximum absolute atomic E-state index is 11.5. The fourth-order valence-electron chi connectivity index (χ4n) is 2.76. The number of ether oxygens (including phenoxy) is 9. The minimum absolute atomic E-state index is 0.216. The SMILES string of the molecule is CC(C)(C)OC(=O)CCOCCOCCOCCOCCOCCOCCOCCOCCO[Si](C)(C)C(C)(C)C. The Labute approximate surface area is 250 Å². The van der Waals surface area contributed by atoms with Crippen LogP contribution in [-0.2, 0) is 51.9 Å². The summed E-state index contributed by atoms with van der Waals surface area (Å²) in [5, 5.41) is 0.216. The van der Waals surface area contributed by atoms with Crippen molar-refractivity contribution in [2.75, 3.05) is 112 Å². The van der Waals surface area contributed by atoms with Crippen molar-refractivity contribution in [3.63, 3.8) is 0 Å². The predicted molar refractivity (Wildman–Crippen MR) is 160 cm³/mol. The van der Waals surface area contributed by atoms with E-state index in [1.165, 1.54) is 0 Å². The van der Waals surface area contributed by atoms with Crippen LogP contribution >= 0.6 is 0 Å². The second kappa shape index (κ2) is 24.7. The van der Waals surface area contributed by atoms with Crippen LogP contribution in [0.15, 0.2) is 0 Å². The molecule has 11 nitrogen and oxygen atoms in total. The largest absolute Gasteiger partial charge is 0.460 e. The predicted octanol–water partition coefficient (Wildman–Crippen LogP) is 3.87. The van der Waals surface area contributed by atoms with Crippen molar-refractivity contribution in [1.82, 2.24) is 0 Å². The molecule has 0 radical (unpaired) electrons. The van der Waals surface area contributed by atoms with Gasteiger partial charge in [0.25, 0.3) is 0 Å². The third kappa shape index (κ3) is 27.9. The van der Waals surface area contributed by atoms with E-state index >= 15 is 0 Å². The van der Waals surface area contributed by atoms with Gasteiger partial charge in [-0.05, 0) is 38.9 Å². The molecule has 0 rings (SSSR count). The Kier molecular flexibility index (Phi) is 24.3. The summed E-state index contributed by atoms with van der Waals surface area (Å²) >= 11 is 0. The number of rotatable bonds is 28. The second-order valence-electron chi connectivity index (χ2n) is 11.8. The molecule has 0 aliphatic carbocycles. The van der Waals surface area contributed by atoms with Gasteiger partial charge in [0.05, 0.1) is 119 Å². The molecule has 0 unspecified atom stereocenters. The lowest BCUT2D eigenvalue weighted by Gasteiger charge is -2.36. The Balaban J connectivity index is 3.20. The summed E-state index contributed by atoms with van der Waals surface area (Å²) in [6, 6.07) is 0. The van der Waals surface area contributed by atoms with Crippen LogP contribution in [0.2, 0.25) is 18.1 Å². The molecule has 41 heavy (non-hydrogen) atoms. The Bertz CT molecular complexity index is 607. The molecule has 0 amide bonds. The van der Waals surface area contributed by atoms with Gasteiger partial charge < -0.3 is 47.1 Å². The number of hydrogen-bond acceptors (Lipinski definition) is 11. The summed E-state index contributed by atoms with van der Waals surface area (Å²) in [6.07, 6.45) is 0.237. The average Bonchev–Trinajstić information content (AvgIpc) is 2.86. The van der Waals surface area contributed by atoms with Crippen LogP contribution in [0.4, 0.5) is 0 Å². The Morgan fingerprint density at radius 3 is 1.00 bits per heavy atom. The molecular weight excluding hydrogens is 552 g/mol. The Morgan fingerprint density at radius 2 is 0.732 bits per heavy atom. The highest BCUT2D eigenvalue weighted by Gasteiger charge is 2.36. The molecule has 0 heterocycles. The van der Waals surface area contributed by atoms with Crippen LogP contribution in [0.5, 0.6) is 0 Å². The van der Waals surface area contributed by atoms with Gasteiger partial charge in [-0.3, -0.25) is 4.79 Å². The summed E-state index contributed by atoms with van der Waals surface area (Å²) in [4.78, 5) is 11.5. The number of carbonyl (C=O) groups excluding carboxylic acids is 1. The minimum Gasteiger partial charge on any atom is -0.460 e. The summed E-state index contributed by atoms with van der Waals surface area (Å²) in [5.74, 6) is -0.261. The van der Waals surface area contributed by atoms with E-state index in [4.69, 9.17) is 47.1 Å².